The van der Waals surface area contributed by atoms with Crippen molar-refractivity contribution in [2.24, 2.45) is 0 Å². The van der Waals surface area contributed by atoms with E-state index in [1.807, 2.05) is 68.4 Å². The first kappa shape index (κ1) is 15.8. The van der Waals surface area contributed by atoms with E-state index in [9.17, 15) is 0 Å². The monoisotopic (exact) mass is 314 g/mol. The first-order chi connectivity index (χ1) is 11.1. The summed E-state index contributed by atoms with van der Waals surface area (Å²) in [6, 6.07) is 17.7. The normalized spacial score (nSPS) is 19.5. The molecule has 4 nitrogen and oxygen atoms in total. The molecule has 3 rings (SSSR count). The average molecular weight is 314 g/mol. The molecule has 4 heteroatoms. The molecule has 1 heterocycles. The van der Waals surface area contributed by atoms with Gasteiger partial charge in [0, 0.05) is 0 Å². The van der Waals surface area contributed by atoms with Gasteiger partial charge in [-0.15, -0.1) is 0 Å². The second-order valence-corrected chi connectivity index (χ2v) is 6.01. The van der Waals surface area contributed by atoms with Crippen LogP contribution in [0.25, 0.3) is 0 Å². The Hall–Kier alpha value is -2.04. The van der Waals surface area contributed by atoms with Gasteiger partial charge in [-0.2, -0.15) is 0 Å². The number of hydrogen-bond donors (Lipinski definition) is 0. The zero-order valence-electron chi connectivity index (χ0n) is 13.5. The second-order valence-electron chi connectivity index (χ2n) is 6.01. The Balaban J connectivity index is 1.46. The smallest absolute Gasteiger partial charge is 0.163 e. The minimum Gasteiger partial charge on any atom is -0.491 e. The summed E-state index contributed by atoms with van der Waals surface area (Å²) in [6.07, 6.45) is -0.0287. The number of benzene rings is 2. The molecule has 23 heavy (non-hydrogen) atoms. The van der Waals surface area contributed by atoms with Crippen LogP contribution < -0.4 is 9.47 Å². The lowest BCUT2D eigenvalue weighted by molar-refractivity contribution is -0.141. The highest BCUT2D eigenvalue weighted by molar-refractivity contribution is 5.31. The third kappa shape index (κ3) is 4.71. The van der Waals surface area contributed by atoms with Crippen LogP contribution >= 0.6 is 0 Å². The van der Waals surface area contributed by atoms with Crippen LogP contribution in [-0.4, -0.2) is 25.1 Å². The Labute approximate surface area is 136 Å². The van der Waals surface area contributed by atoms with Gasteiger partial charge in [0.1, 0.15) is 30.8 Å². The highest BCUT2D eigenvalue weighted by Gasteiger charge is 2.32. The lowest BCUT2D eigenvalue weighted by Gasteiger charge is -2.17. The molecule has 1 aliphatic rings. The molecular formula is C19H22O4. The van der Waals surface area contributed by atoms with Gasteiger partial charge in [0.15, 0.2) is 5.79 Å². The Morgan fingerprint density at radius 3 is 2.22 bits per heavy atom. The van der Waals surface area contributed by atoms with Gasteiger partial charge in [0.25, 0.3) is 0 Å². The maximum Gasteiger partial charge on any atom is 0.163 e. The number of ether oxygens (including phenoxy) is 4. The van der Waals surface area contributed by atoms with Gasteiger partial charge in [0.2, 0.25) is 0 Å². The van der Waals surface area contributed by atoms with Gasteiger partial charge in [-0.3, -0.25) is 0 Å². The molecule has 1 unspecified atom stereocenters. The maximum atomic E-state index is 5.75. The molecule has 2 aromatic rings. The Bertz CT molecular complexity index is 607. The third-order valence-corrected chi connectivity index (χ3v) is 3.58. The Morgan fingerprint density at radius 2 is 1.61 bits per heavy atom. The van der Waals surface area contributed by atoms with Crippen LogP contribution in [0.15, 0.2) is 54.6 Å². The summed E-state index contributed by atoms with van der Waals surface area (Å²) in [5, 5.41) is 0. The van der Waals surface area contributed by atoms with E-state index in [2.05, 4.69) is 0 Å². The van der Waals surface area contributed by atoms with Crippen molar-refractivity contribution in [3.8, 4) is 11.5 Å². The molecule has 2 aromatic carbocycles. The largest absolute Gasteiger partial charge is 0.491 e. The molecular weight excluding hydrogens is 292 g/mol. The van der Waals surface area contributed by atoms with Crippen LogP contribution in [-0.2, 0) is 16.1 Å². The van der Waals surface area contributed by atoms with Crippen LogP contribution in [0.4, 0.5) is 0 Å². The molecule has 1 atom stereocenters. The molecule has 0 radical (unpaired) electrons. The van der Waals surface area contributed by atoms with Crippen LogP contribution in [0.5, 0.6) is 11.5 Å². The predicted molar refractivity (Wildman–Crippen MR) is 87.6 cm³/mol. The fourth-order valence-corrected chi connectivity index (χ4v) is 2.41. The summed E-state index contributed by atoms with van der Waals surface area (Å²) < 4.78 is 22.7. The molecule has 0 spiro atoms. The van der Waals surface area contributed by atoms with Crippen molar-refractivity contribution in [3.05, 3.63) is 60.2 Å². The van der Waals surface area contributed by atoms with Gasteiger partial charge < -0.3 is 18.9 Å². The van der Waals surface area contributed by atoms with Crippen LogP contribution in [0, 0.1) is 0 Å². The van der Waals surface area contributed by atoms with Crippen molar-refractivity contribution in [1.82, 2.24) is 0 Å². The Morgan fingerprint density at radius 1 is 0.957 bits per heavy atom. The molecule has 122 valence electrons. The van der Waals surface area contributed by atoms with Gasteiger partial charge >= 0.3 is 0 Å². The van der Waals surface area contributed by atoms with Crippen LogP contribution in [0.1, 0.15) is 19.4 Å². The predicted octanol–water partition coefficient (Wildman–Crippen LogP) is 3.80. The zero-order valence-corrected chi connectivity index (χ0v) is 13.5. The molecule has 0 aliphatic carbocycles. The first-order valence-corrected chi connectivity index (χ1v) is 7.82. The molecule has 0 aromatic heterocycles. The van der Waals surface area contributed by atoms with E-state index in [4.69, 9.17) is 18.9 Å². The standard InChI is InChI=1S/C19H22O4/c1-19(2)22-14-18(23-19)13-21-17-10-8-16(9-11-17)20-12-15-6-4-3-5-7-15/h3-11,18H,12-14H2,1-2H3. The van der Waals surface area contributed by atoms with Crippen molar-refractivity contribution in [1.29, 1.82) is 0 Å². The highest BCUT2D eigenvalue weighted by Crippen LogP contribution is 2.24. The Kier molecular flexibility index (Phi) is 4.84. The summed E-state index contributed by atoms with van der Waals surface area (Å²) in [5.41, 5.74) is 1.15. The fourth-order valence-electron chi connectivity index (χ4n) is 2.41. The average Bonchev–Trinajstić information content (AvgIpc) is 2.92. The molecule has 0 saturated carbocycles. The van der Waals surface area contributed by atoms with E-state index in [0.29, 0.717) is 19.8 Å². The van der Waals surface area contributed by atoms with Gasteiger partial charge in [0.05, 0.1) is 6.61 Å². The van der Waals surface area contributed by atoms with E-state index in [1.54, 1.807) is 0 Å². The van der Waals surface area contributed by atoms with E-state index >= 15 is 0 Å². The minimum absolute atomic E-state index is 0.0287. The van der Waals surface area contributed by atoms with Crippen molar-refractivity contribution >= 4 is 0 Å². The van der Waals surface area contributed by atoms with Gasteiger partial charge in [-0.05, 0) is 43.7 Å². The second kappa shape index (κ2) is 7.02. The zero-order chi connectivity index (χ0) is 16.1. The molecule has 0 N–H and O–H groups in total. The lowest BCUT2D eigenvalue weighted by Crippen LogP contribution is -2.25. The fraction of sp³-hybridized carbons (Fsp3) is 0.368. The van der Waals surface area contributed by atoms with E-state index in [0.717, 1.165) is 17.1 Å². The van der Waals surface area contributed by atoms with Gasteiger partial charge in [-0.25, -0.2) is 0 Å². The van der Waals surface area contributed by atoms with Crippen LogP contribution in [0.3, 0.4) is 0 Å². The number of hydrogen-bond acceptors (Lipinski definition) is 4. The van der Waals surface area contributed by atoms with Crippen molar-refractivity contribution in [3.63, 3.8) is 0 Å². The lowest BCUT2D eigenvalue weighted by atomic mass is 10.2. The summed E-state index contributed by atoms with van der Waals surface area (Å²) in [7, 11) is 0. The third-order valence-electron chi connectivity index (χ3n) is 3.58. The SMILES string of the molecule is CC1(C)OCC(COc2ccc(OCc3ccccc3)cc2)O1. The molecule has 0 amide bonds. The van der Waals surface area contributed by atoms with Crippen molar-refractivity contribution in [2.45, 2.75) is 32.3 Å². The minimum atomic E-state index is -0.511. The number of rotatable bonds is 6. The summed E-state index contributed by atoms with van der Waals surface area (Å²) >= 11 is 0. The van der Waals surface area contributed by atoms with E-state index in [1.165, 1.54) is 0 Å². The topological polar surface area (TPSA) is 36.9 Å². The molecule has 1 saturated heterocycles. The summed E-state index contributed by atoms with van der Waals surface area (Å²) in [6.45, 7) is 5.42. The molecule has 0 bridgehead atoms. The summed E-state index contributed by atoms with van der Waals surface area (Å²) in [4.78, 5) is 0. The van der Waals surface area contributed by atoms with Crippen molar-refractivity contribution < 1.29 is 18.9 Å². The van der Waals surface area contributed by atoms with E-state index < -0.39 is 5.79 Å². The molecule has 1 aliphatic heterocycles. The quantitative estimate of drug-likeness (QED) is 0.813. The van der Waals surface area contributed by atoms with Crippen molar-refractivity contribution in [2.75, 3.05) is 13.2 Å². The maximum absolute atomic E-state index is 5.75. The van der Waals surface area contributed by atoms with Crippen LogP contribution in [0.2, 0.25) is 0 Å². The van der Waals surface area contributed by atoms with E-state index in [-0.39, 0.29) is 6.10 Å². The molecule has 1 fully saturated rings. The highest BCUT2D eigenvalue weighted by atomic mass is 16.7. The van der Waals surface area contributed by atoms with Gasteiger partial charge in [-0.1, -0.05) is 30.3 Å². The summed E-state index contributed by atoms with van der Waals surface area (Å²) in [5.74, 6) is 1.11. The first-order valence-electron chi connectivity index (χ1n) is 7.82.